The van der Waals surface area contributed by atoms with Gasteiger partial charge in [0.1, 0.15) is 5.82 Å². The van der Waals surface area contributed by atoms with E-state index in [0.29, 0.717) is 24.9 Å². The molecule has 0 unspecified atom stereocenters. The number of hydrogen-bond donors (Lipinski definition) is 1. The molecule has 0 aliphatic carbocycles. The van der Waals surface area contributed by atoms with Crippen molar-refractivity contribution in [1.82, 2.24) is 20.0 Å². The molecule has 1 N–H and O–H groups in total. The van der Waals surface area contributed by atoms with Crippen LogP contribution in [0.15, 0.2) is 47.1 Å². The highest BCUT2D eigenvalue weighted by atomic mass is 35.5. The van der Waals surface area contributed by atoms with Gasteiger partial charge in [0.05, 0.1) is 12.6 Å². The molecule has 0 bridgehead atoms. The molecular formula is C21H24ClN5O2. The van der Waals surface area contributed by atoms with Crippen LogP contribution in [-0.4, -0.2) is 46.8 Å². The highest BCUT2D eigenvalue weighted by Gasteiger charge is 2.30. The molecule has 1 atom stereocenters. The summed E-state index contributed by atoms with van der Waals surface area (Å²) in [6.45, 7) is 3.18. The zero-order chi connectivity index (χ0) is 20.1. The summed E-state index contributed by atoms with van der Waals surface area (Å²) < 4.78 is 10.6. The van der Waals surface area contributed by atoms with Crippen LogP contribution >= 0.6 is 11.6 Å². The number of aromatic nitrogens is 3. The number of hydrogen-bond acceptors (Lipinski definition) is 7. The summed E-state index contributed by atoms with van der Waals surface area (Å²) in [5.74, 6) is 2.02. The fourth-order valence-electron chi connectivity index (χ4n) is 3.52. The fourth-order valence-corrected chi connectivity index (χ4v) is 3.65. The largest absolute Gasteiger partial charge is 0.383 e. The second kappa shape index (κ2) is 9.35. The zero-order valence-corrected chi connectivity index (χ0v) is 17.1. The first-order valence-corrected chi connectivity index (χ1v) is 10.1. The molecule has 2 aromatic heterocycles. The summed E-state index contributed by atoms with van der Waals surface area (Å²) >= 11 is 5.99. The molecule has 1 fully saturated rings. The molecule has 8 heteroatoms. The lowest BCUT2D eigenvalue weighted by Gasteiger charge is -2.21. The van der Waals surface area contributed by atoms with E-state index in [1.54, 1.807) is 13.3 Å². The molecule has 1 aromatic carbocycles. The third-order valence-electron chi connectivity index (χ3n) is 5.02. The lowest BCUT2D eigenvalue weighted by Crippen LogP contribution is -2.23. The van der Waals surface area contributed by atoms with Gasteiger partial charge in [0, 0.05) is 37.0 Å². The highest BCUT2D eigenvalue weighted by molar-refractivity contribution is 6.30. The van der Waals surface area contributed by atoms with E-state index >= 15 is 0 Å². The average Bonchev–Trinajstić information content (AvgIpc) is 3.40. The number of halogens is 1. The Bertz CT molecular complexity index is 914. The molecule has 1 aliphatic heterocycles. The molecule has 3 aromatic rings. The van der Waals surface area contributed by atoms with E-state index in [-0.39, 0.29) is 6.04 Å². The molecule has 0 saturated carbocycles. The summed E-state index contributed by atoms with van der Waals surface area (Å²) in [5.41, 5.74) is 2.06. The number of likely N-dealkylation sites (tertiary alicyclic amines) is 1. The maximum atomic E-state index is 5.99. The van der Waals surface area contributed by atoms with Crippen LogP contribution in [0.25, 0.3) is 11.4 Å². The van der Waals surface area contributed by atoms with Gasteiger partial charge in [0.2, 0.25) is 11.7 Å². The number of nitrogens with one attached hydrogen (secondary N) is 1. The topological polar surface area (TPSA) is 76.3 Å². The van der Waals surface area contributed by atoms with E-state index in [1.165, 1.54) is 5.56 Å². The Morgan fingerprint density at radius 1 is 1.24 bits per heavy atom. The van der Waals surface area contributed by atoms with E-state index in [0.717, 1.165) is 42.3 Å². The van der Waals surface area contributed by atoms with Crippen molar-refractivity contribution in [2.75, 3.05) is 32.1 Å². The molecule has 1 saturated heterocycles. The summed E-state index contributed by atoms with van der Waals surface area (Å²) in [5, 5.41) is 8.12. The smallest absolute Gasteiger partial charge is 0.244 e. The molecule has 0 amide bonds. The number of ether oxygens (including phenoxy) is 1. The number of benzene rings is 1. The minimum Gasteiger partial charge on any atom is -0.383 e. The van der Waals surface area contributed by atoms with Gasteiger partial charge in [0.25, 0.3) is 0 Å². The van der Waals surface area contributed by atoms with Gasteiger partial charge in [0.15, 0.2) is 0 Å². The standard InChI is InChI=1S/C21H24ClN5O2/c1-28-12-10-23-19-9-6-16(13-24-19)20-25-21(29-26-20)18-3-2-11-27(18)14-15-4-7-17(22)8-5-15/h4-9,13,18H,2-3,10-12,14H2,1H3,(H,23,24)/t18-/m1/s1. The first kappa shape index (κ1) is 19.8. The SMILES string of the molecule is COCCNc1ccc(-c2noc([C@H]3CCCN3Cc3ccc(Cl)cc3)n2)cn1. The zero-order valence-electron chi connectivity index (χ0n) is 16.3. The summed E-state index contributed by atoms with van der Waals surface area (Å²) in [7, 11) is 1.67. The van der Waals surface area contributed by atoms with Crippen LogP contribution in [0.2, 0.25) is 5.02 Å². The number of rotatable bonds is 8. The second-order valence-electron chi connectivity index (χ2n) is 7.06. The first-order chi connectivity index (χ1) is 14.2. The van der Waals surface area contributed by atoms with E-state index in [4.69, 9.17) is 20.9 Å². The minimum atomic E-state index is 0.134. The van der Waals surface area contributed by atoms with Crippen molar-refractivity contribution in [1.29, 1.82) is 0 Å². The Morgan fingerprint density at radius 3 is 2.86 bits per heavy atom. The van der Waals surface area contributed by atoms with Crippen molar-refractivity contribution < 1.29 is 9.26 Å². The van der Waals surface area contributed by atoms with Gasteiger partial charge in [-0.3, -0.25) is 4.90 Å². The molecular weight excluding hydrogens is 390 g/mol. The van der Waals surface area contributed by atoms with Crippen LogP contribution in [0.3, 0.4) is 0 Å². The van der Waals surface area contributed by atoms with E-state index in [9.17, 15) is 0 Å². The van der Waals surface area contributed by atoms with Crippen LogP contribution in [0.4, 0.5) is 5.82 Å². The van der Waals surface area contributed by atoms with Crippen LogP contribution in [0.1, 0.15) is 30.3 Å². The lowest BCUT2D eigenvalue weighted by molar-refractivity contribution is 0.201. The van der Waals surface area contributed by atoms with E-state index in [2.05, 4.69) is 37.5 Å². The van der Waals surface area contributed by atoms with Crippen molar-refractivity contribution in [3.63, 3.8) is 0 Å². The van der Waals surface area contributed by atoms with E-state index < -0.39 is 0 Å². The Labute approximate surface area is 175 Å². The number of pyridine rings is 1. The van der Waals surface area contributed by atoms with Crippen molar-refractivity contribution in [3.05, 3.63) is 59.1 Å². The van der Waals surface area contributed by atoms with Gasteiger partial charge >= 0.3 is 0 Å². The van der Waals surface area contributed by atoms with Crippen LogP contribution in [0, 0.1) is 0 Å². The predicted molar refractivity (Wildman–Crippen MR) is 112 cm³/mol. The van der Waals surface area contributed by atoms with Gasteiger partial charge in [-0.1, -0.05) is 28.9 Å². The molecule has 0 spiro atoms. The Hall–Kier alpha value is -2.48. The Morgan fingerprint density at radius 2 is 2.10 bits per heavy atom. The second-order valence-corrected chi connectivity index (χ2v) is 7.50. The van der Waals surface area contributed by atoms with Gasteiger partial charge < -0.3 is 14.6 Å². The molecule has 29 heavy (non-hydrogen) atoms. The van der Waals surface area contributed by atoms with Crippen LogP contribution < -0.4 is 5.32 Å². The molecule has 3 heterocycles. The third-order valence-corrected chi connectivity index (χ3v) is 5.28. The first-order valence-electron chi connectivity index (χ1n) is 9.74. The molecule has 152 valence electrons. The van der Waals surface area contributed by atoms with Crippen molar-refractivity contribution in [3.8, 4) is 11.4 Å². The molecule has 0 radical (unpaired) electrons. The predicted octanol–water partition coefficient (Wildman–Crippen LogP) is 4.18. The van der Waals surface area contributed by atoms with E-state index in [1.807, 2.05) is 24.3 Å². The molecule has 4 rings (SSSR count). The minimum absolute atomic E-state index is 0.134. The lowest BCUT2D eigenvalue weighted by atomic mass is 10.2. The van der Waals surface area contributed by atoms with Gasteiger partial charge in [-0.05, 0) is 49.2 Å². The number of nitrogens with zero attached hydrogens (tertiary/aromatic N) is 4. The Balaban J connectivity index is 1.43. The highest BCUT2D eigenvalue weighted by Crippen LogP contribution is 2.33. The monoisotopic (exact) mass is 413 g/mol. The maximum absolute atomic E-state index is 5.99. The third kappa shape index (κ3) is 4.93. The van der Waals surface area contributed by atoms with Crippen LogP contribution in [-0.2, 0) is 11.3 Å². The van der Waals surface area contributed by atoms with Gasteiger partial charge in [-0.15, -0.1) is 0 Å². The average molecular weight is 414 g/mol. The van der Waals surface area contributed by atoms with Crippen molar-refractivity contribution in [2.45, 2.75) is 25.4 Å². The Kier molecular flexibility index (Phi) is 6.39. The molecule has 1 aliphatic rings. The van der Waals surface area contributed by atoms with Crippen LogP contribution in [0.5, 0.6) is 0 Å². The molecule has 7 nitrogen and oxygen atoms in total. The quantitative estimate of drug-likeness (QED) is 0.555. The van der Waals surface area contributed by atoms with Crippen molar-refractivity contribution in [2.24, 2.45) is 0 Å². The van der Waals surface area contributed by atoms with Crippen molar-refractivity contribution >= 4 is 17.4 Å². The van der Waals surface area contributed by atoms with Gasteiger partial charge in [-0.25, -0.2) is 4.98 Å². The number of anilines is 1. The van der Waals surface area contributed by atoms with Gasteiger partial charge in [-0.2, -0.15) is 4.98 Å². The number of methoxy groups -OCH3 is 1. The summed E-state index contributed by atoms with van der Waals surface area (Å²) in [4.78, 5) is 11.4. The summed E-state index contributed by atoms with van der Waals surface area (Å²) in [6.07, 6.45) is 3.87. The fraction of sp³-hybridized carbons (Fsp3) is 0.381. The maximum Gasteiger partial charge on any atom is 0.244 e. The summed E-state index contributed by atoms with van der Waals surface area (Å²) in [6, 6.07) is 12.0. The normalized spacial score (nSPS) is 17.0.